The van der Waals surface area contributed by atoms with E-state index in [9.17, 15) is 13.2 Å². The second-order valence-electron chi connectivity index (χ2n) is 8.70. The summed E-state index contributed by atoms with van der Waals surface area (Å²) in [4.78, 5) is 20.7. The number of benzene rings is 2. The highest BCUT2D eigenvalue weighted by atomic mass is 32.2. The fourth-order valence-electron chi connectivity index (χ4n) is 4.41. The Balaban J connectivity index is 1.72. The fraction of sp³-hybridized carbons (Fsp3) is 0.115. The number of carbonyl (C=O) groups excluding carboxylic acids is 1. The maximum Gasteiger partial charge on any atom is 0.250 e. The number of anilines is 2. The van der Waals surface area contributed by atoms with Gasteiger partial charge < -0.3 is 15.6 Å². The first kappa shape index (κ1) is 23.3. The molecule has 5 aromatic rings. The van der Waals surface area contributed by atoms with Crippen LogP contribution in [-0.4, -0.2) is 39.1 Å². The van der Waals surface area contributed by atoms with Gasteiger partial charge in [-0.05, 0) is 48.4 Å². The van der Waals surface area contributed by atoms with Crippen molar-refractivity contribution >= 4 is 49.4 Å². The van der Waals surface area contributed by atoms with E-state index < -0.39 is 10.0 Å². The molecule has 0 radical (unpaired) electrons. The Bertz CT molecular complexity index is 1800. The highest BCUT2D eigenvalue weighted by Crippen LogP contribution is 2.42. The third-order valence-corrected chi connectivity index (χ3v) is 7.13. The standard InChI is InChI=1S/C26H24N6O3S/c1-15(2)26(33)30-19-8-5-16(6-9-19)23-21(22-24(27)28-14-29-25(22)31(23)3)18-7-10-20-17(13-18)11-12-32(20)36(4,34)35/h5-14H,1H2,2-4H3,(H,30,33)(H2,27,28,29). The summed E-state index contributed by atoms with van der Waals surface area (Å²) >= 11 is 0. The van der Waals surface area contributed by atoms with Crippen LogP contribution in [0.4, 0.5) is 11.5 Å². The largest absolute Gasteiger partial charge is 0.383 e. The van der Waals surface area contributed by atoms with Crippen molar-refractivity contribution in [1.82, 2.24) is 18.5 Å². The number of hydrogen-bond acceptors (Lipinski definition) is 6. The van der Waals surface area contributed by atoms with E-state index in [0.29, 0.717) is 33.6 Å². The highest BCUT2D eigenvalue weighted by Gasteiger charge is 2.22. The van der Waals surface area contributed by atoms with Gasteiger partial charge in [0.1, 0.15) is 17.8 Å². The van der Waals surface area contributed by atoms with E-state index in [1.807, 2.05) is 48.0 Å². The molecule has 1 amide bonds. The Morgan fingerprint density at radius 1 is 1.06 bits per heavy atom. The van der Waals surface area contributed by atoms with Crippen LogP contribution in [0.2, 0.25) is 0 Å². The Hall–Kier alpha value is -4.44. The van der Waals surface area contributed by atoms with E-state index in [4.69, 9.17) is 5.73 Å². The summed E-state index contributed by atoms with van der Waals surface area (Å²) in [5.74, 6) is 0.0985. The van der Waals surface area contributed by atoms with Crippen molar-refractivity contribution in [2.24, 2.45) is 7.05 Å². The van der Waals surface area contributed by atoms with Crippen molar-refractivity contribution in [2.75, 3.05) is 17.3 Å². The summed E-state index contributed by atoms with van der Waals surface area (Å²) < 4.78 is 27.5. The molecule has 9 nitrogen and oxygen atoms in total. The minimum absolute atomic E-state index is 0.245. The summed E-state index contributed by atoms with van der Waals surface area (Å²) in [6.07, 6.45) is 4.14. The quantitative estimate of drug-likeness (QED) is 0.349. The van der Waals surface area contributed by atoms with Crippen molar-refractivity contribution in [1.29, 1.82) is 0 Å². The van der Waals surface area contributed by atoms with Crippen molar-refractivity contribution in [3.8, 4) is 22.4 Å². The van der Waals surface area contributed by atoms with Crippen LogP contribution in [0.3, 0.4) is 0 Å². The Kier molecular flexibility index (Phi) is 5.40. The number of aromatic nitrogens is 4. The molecule has 36 heavy (non-hydrogen) atoms. The Labute approximate surface area is 207 Å². The molecule has 0 saturated heterocycles. The van der Waals surface area contributed by atoms with Gasteiger partial charge in [0.25, 0.3) is 5.91 Å². The Morgan fingerprint density at radius 2 is 1.75 bits per heavy atom. The molecular formula is C26H24N6O3S. The molecule has 0 aliphatic heterocycles. The maximum absolute atomic E-state index is 12.2. The van der Waals surface area contributed by atoms with E-state index >= 15 is 0 Å². The zero-order valence-corrected chi connectivity index (χ0v) is 20.8. The van der Waals surface area contributed by atoms with Crippen molar-refractivity contribution in [3.05, 3.63) is 73.2 Å². The molecule has 0 aliphatic carbocycles. The minimum atomic E-state index is -3.43. The van der Waals surface area contributed by atoms with Gasteiger partial charge in [-0.2, -0.15) is 0 Å². The summed E-state index contributed by atoms with van der Waals surface area (Å²) in [7, 11) is -1.53. The molecule has 10 heteroatoms. The molecule has 182 valence electrons. The molecule has 2 aromatic carbocycles. The zero-order chi connectivity index (χ0) is 25.8. The first-order chi connectivity index (χ1) is 17.1. The van der Waals surface area contributed by atoms with E-state index in [0.717, 1.165) is 27.8 Å². The second kappa shape index (κ2) is 8.35. The normalized spacial score (nSPS) is 11.8. The number of amides is 1. The minimum Gasteiger partial charge on any atom is -0.383 e. The lowest BCUT2D eigenvalue weighted by Gasteiger charge is -2.11. The van der Waals surface area contributed by atoms with Crippen molar-refractivity contribution in [2.45, 2.75) is 6.92 Å². The number of nitrogens with two attached hydrogens (primary N) is 1. The van der Waals surface area contributed by atoms with Crippen molar-refractivity contribution < 1.29 is 13.2 Å². The predicted molar refractivity (Wildman–Crippen MR) is 143 cm³/mol. The number of nitrogens with one attached hydrogen (secondary N) is 1. The lowest BCUT2D eigenvalue weighted by atomic mass is 9.97. The highest BCUT2D eigenvalue weighted by molar-refractivity contribution is 7.89. The monoisotopic (exact) mass is 500 g/mol. The van der Waals surface area contributed by atoms with Crippen LogP contribution in [0.5, 0.6) is 0 Å². The van der Waals surface area contributed by atoms with Crippen LogP contribution >= 0.6 is 0 Å². The van der Waals surface area contributed by atoms with Gasteiger partial charge >= 0.3 is 0 Å². The first-order valence-electron chi connectivity index (χ1n) is 11.0. The first-order valence-corrected chi connectivity index (χ1v) is 12.9. The van der Waals surface area contributed by atoms with Crippen LogP contribution in [0.1, 0.15) is 6.92 Å². The van der Waals surface area contributed by atoms with E-state index in [-0.39, 0.29) is 5.91 Å². The van der Waals surface area contributed by atoms with E-state index in [2.05, 4.69) is 21.9 Å². The number of rotatable bonds is 5. The lowest BCUT2D eigenvalue weighted by molar-refractivity contribution is -0.112. The van der Waals surface area contributed by atoms with Crippen LogP contribution in [-0.2, 0) is 21.9 Å². The molecule has 0 saturated carbocycles. The molecule has 3 heterocycles. The van der Waals surface area contributed by atoms with Crippen LogP contribution < -0.4 is 11.1 Å². The molecule has 3 N–H and O–H groups in total. The van der Waals surface area contributed by atoms with Gasteiger partial charge in [0.15, 0.2) is 0 Å². The number of hydrogen-bond donors (Lipinski definition) is 2. The van der Waals surface area contributed by atoms with E-state index in [1.54, 1.807) is 25.3 Å². The number of nitrogen functional groups attached to an aromatic ring is 1. The summed E-state index contributed by atoms with van der Waals surface area (Å²) in [6.45, 7) is 5.32. The molecule has 5 rings (SSSR count). The number of nitrogens with zero attached hydrogens (tertiary/aromatic N) is 4. The topological polar surface area (TPSA) is 125 Å². The average molecular weight is 501 g/mol. The average Bonchev–Trinajstić information content (AvgIpc) is 3.39. The van der Waals surface area contributed by atoms with Gasteiger partial charge in [-0.1, -0.05) is 24.8 Å². The molecule has 0 spiro atoms. The van der Waals surface area contributed by atoms with E-state index in [1.165, 1.54) is 16.6 Å². The third kappa shape index (κ3) is 3.81. The molecule has 0 bridgehead atoms. The van der Waals surface area contributed by atoms with Crippen molar-refractivity contribution in [3.63, 3.8) is 0 Å². The summed E-state index contributed by atoms with van der Waals surface area (Å²) in [5.41, 5.74) is 12.1. The molecule has 0 unspecified atom stereocenters. The van der Waals surface area contributed by atoms with Crippen LogP contribution in [0.25, 0.3) is 44.3 Å². The summed E-state index contributed by atoms with van der Waals surface area (Å²) in [5, 5.41) is 4.29. The zero-order valence-electron chi connectivity index (χ0n) is 20.0. The number of aryl methyl sites for hydroxylation is 1. The van der Waals surface area contributed by atoms with Gasteiger partial charge in [-0.25, -0.2) is 22.4 Å². The smallest absolute Gasteiger partial charge is 0.250 e. The van der Waals surface area contributed by atoms with Gasteiger partial charge in [-0.3, -0.25) is 4.79 Å². The molecule has 0 aliphatic rings. The maximum atomic E-state index is 12.2. The molecule has 0 fully saturated rings. The molecule has 0 atom stereocenters. The number of fused-ring (bicyclic) bond motifs is 2. The Morgan fingerprint density at radius 3 is 2.42 bits per heavy atom. The van der Waals surface area contributed by atoms with Crippen LogP contribution in [0.15, 0.2) is 73.2 Å². The SMILES string of the molecule is C=C(C)C(=O)Nc1ccc(-c2c(-c3ccc4c(ccn4S(C)(=O)=O)c3)c3c(N)ncnc3n2C)cc1. The van der Waals surface area contributed by atoms with Gasteiger partial charge in [-0.15, -0.1) is 0 Å². The van der Waals surface area contributed by atoms with Gasteiger partial charge in [0.2, 0.25) is 10.0 Å². The lowest BCUT2D eigenvalue weighted by Crippen LogP contribution is -2.11. The number of carbonyl (C=O) groups is 1. The molecule has 3 aromatic heterocycles. The summed E-state index contributed by atoms with van der Waals surface area (Å²) in [6, 6.07) is 14.8. The third-order valence-electron chi connectivity index (χ3n) is 6.10. The van der Waals surface area contributed by atoms with Crippen LogP contribution in [0, 0.1) is 0 Å². The van der Waals surface area contributed by atoms with Gasteiger partial charge in [0.05, 0.1) is 22.9 Å². The second-order valence-corrected chi connectivity index (χ2v) is 10.6. The van der Waals surface area contributed by atoms with Gasteiger partial charge in [0, 0.05) is 35.5 Å². The predicted octanol–water partition coefficient (Wildman–Crippen LogP) is 4.16. The molecular weight excluding hydrogens is 476 g/mol. The fourth-order valence-corrected chi connectivity index (χ4v) is 5.21.